The molecule has 0 spiro atoms. The quantitative estimate of drug-likeness (QED) is 0.459. The molecule has 2 aromatic carbocycles. The van der Waals surface area contributed by atoms with E-state index in [1.807, 2.05) is 0 Å². The second-order valence-corrected chi connectivity index (χ2v) is 4.86. The summed E-state index contributed by atoms with van der Waals surface area (Å²) in [4.78, 5) is 3.55. The molecule has 0 unspecified atom stereocenters. The van der Waals surface area contributed by atoms with Crippen LogP contribution in [-0.2, 0) is 6.42 Å². The van der Waals surface area contributed by atoms with Crippen molar-refractivity contribution in [1.82, 2.24) is 4.98 Å². The Kier molecular flexibility index (Phi) is 1.60. The lowest BCUT2D eigenvalue weighted by atomic mass is 10.0. The summed E-state index contributed by atoms with van der Waals surface area (Å²) < 4.78 is 0. The number of fused-ring (bicyclic) bond motifs is 5. The maximum absolute atomic E-state index is 3.55. The highest BCUT2D eigenvalue weighted by molar-refractivity contribution is 6.00. The SMILES string of the molecule is Cc1ccc2[nH]c3c(c2c1)-c1ccccc1C3. The molecule has 1 N–H and O–H groups in total. The van der Waals surface area contributed by atoms with Gasteiger partial charge in [-0.15, -0.1) is 0 Å². The van der Waals surface area contributed by atoms with Crippen molar-refractivity contribution in [2.75, 3.05) is 0 Å². The minimum Gasteiger partial charge on any atom is -0.358 e. The largest absolute Gasteiger partial charge is 0.358 e. The van der Waals surface area contributed by atoms with E-state index in [9.17, 15) is 0 Å². The molecular weight excluding hydrogens is 206 g/mol. The van der Waals surface area contributed by atoms with Gasteiger partial charge in [0, 0.05) is 28.6 Å². The molecule has 0 saturated carbocycles. The summed E-state index contributed by atoms with van der Waals surface area (Å²) in [6.07, 6.45) is 1.04. The number of hydrogen-bond donors (Lipinski definition) is 1. The molecule has 3 aromatic rings. The zero-order valence-corrected chi connectivity index (χ0v) is 9.75. The van der Waals surface area contributed by atoms with E-state index in [2.05, 4.69) is 54.4 Å². The standard InChI is InChI=1S/C16H13N/c1-10-6-7-14-13(8-10)16-12-5-3-2-4-11(12)9-15(16)17-14/h2-8,17H,9H2,1H3. The van der Waals surface area contributed by atoms with Crippen molar-refractivity contribution < 1.29 is 0 Å². The lowest BCUT2D eigenvalue weighted by Gasteiger charge is -2.00. The van der Waals surface area contributed by atoms with Gasteiger partial charge in [0.15, 0.2) is 0 Å². The second-order valence-electron chi connectivity index (χ2n) is 4.86. The van der Waals surface area contributed by atoms with E-state index in [4.69, 9.17) is 0 Å². The molecule has 1 heterocycles. The number of nitrogens with one attached hydrogen (secondary N) is 1. The minimum absolute atomic E-state index is 1.04. The first-order valence-electron chi connectivity index (χ1n) is 6.02. The summed E-state index contributed by atoms with van der Waals surface area (Å²) in [7, 11) is 0. The van der Waals surface area contributed by atoms with Gasteiger partial charge in [-0.05, 0) is 30.2 Å². The Hall–Kier alpha value is -2.02. The number of rotatable bonds is 0. The zero-order valence-electron chi connectivity index (χ0n) is 9.75. The van der Waals surface area contributed by atoms with Crippen LogP contribution < -0.4 is 0 Å². The molecule has 0 radical (unpaired) electrons. The molecule has 0 amide bonds. The van der Waals surface area contributed by atoms with Crippen LogP contribution in [0.1, 0.15) is 16.8 Å². The van der Waals surface area contributed by atoms with Crippen LogP contribution in [0.5, 0.6) is 0 Å². The molecule has 0 saturated heterocycles. The van der Waals surface area contributed by atoms with Crippen molar-refractivity contribution in [2.24, 2.45) is 0 Å². The van der Waals surface area contributed by atoms with E-state index in [1.165, 1.54) is 38.9 Å². The van der Waals surface area contributed by atoms with Gasteiger partial charge in [-0.3, -0.25) is 0 Å². The summed E-state index contributed by atoms with van der Waals surface area (Å²) in [6.45, 7) is 2.15. The lowest BCUT2D eigenvalue weighted by Crippen LogP contribution is -1.81. The molecule has 1 aromatic heterocycles. The number of aromatic nitrogens is 1. The van der Waals surface area contributed by atoms with Crippen LogP contribution in [0.2, 0.25) is 0 Å². The van der Waals surface area contributed by atoms with Gasteiger partial charge in [0.2, 0.25) is 0 Å². The number of aromatic amines is 1. The fraction of sp³-hybridized carbons (Fsp3) is 0.125. The van der Waals surface area contributed by atoms with Crippen LogP contribution in [0.4, 0.5) is 0 Å². The molecule has 1 aliphatic rings. The van der Waals surface area contributed by atoms with Crippen LogP contribution in [-0.4, -0.2) is 4.98 Å². The smallest absolute Gasteiger partial charge is 0.0462 e. The van der Waals surface area contributed by atoms with E-state index in [-0.39, 0.29) is 0 Å². The summed E-state index contributed by atoms with van der Waals surface area (Å²) in [5, 5.41) is 1.37. The maximum Gasteiger partial charge on any atom is 0.0462 e. The highest BCUT2D eigenvalue weighted by Gasteiger charge is 2.22. The van der Waals surface area contributed by atoms with Gasteiger partial charge in [-0.25, -0.2) is 0 Å². The molecule has 0 atom stereocenters. The van der Waals surface area contributed by atoms with Crippen molar-refractivity contribution >= 4 is 10.9 Å². The average molecular weight is 219 g/mol. The van der Waals surface area contributed by atoms with Gasteiger partial charge in [-0.1, -0.05) is 35.9 Å². The number of benzene rings is 2. The van der Waals surface area contributed by atoms with E-state index >= 15 is 0 Å². The fourth-order valence-electron chi connectivity index (χ4n) is 2.91. The van der Waals surface area contributed by atoms with E-state index in [0.717, 1.165) is 6.42 Å². The molecule has 0 aliphatic heterocycles. The average Bonchev–Trinajstić information content (AvgIpc) is 2.84. The molecule has 1 heteroatoms. The molecule has 1 aliphatic carbocycles. The number of H-pyrrole nitrogens is 1. The highest BCUT2D eigenvalue weighted by atomic mass is 14.7. The summed E-state index contributed by atoms with van der Waals surface area (Å²) in [6, 6.07) is 15.3. The third-order valence-electron chi connectivity index (χ3n) is 3.69. The van der Waals surface area contributed by atoms with Crippen molar-refractivity contribution in [3.05, 3.63) is 59.3 Å². The third-order valence-corrected chi connectivity index (χ3v) is 3.69. The summed E-state index contributed by atoms with van der Waals surface area (Å²) in [5.74, 6) is 0. The van der Waals surface area contributed by atoms with E-state index in [0.29, 0.717) is 0 Å². The predicted octanol–water partition coefficient (Wildman–Crippen LogP) is 4.05. The molecule has 1 nitrogen and oxygen atoms in total. The van der Waals surface area contributed by atoms with Gasteiger partial charge < -0.3 is 4.98 Å². The Morgan fingerprint density at radius 2 is 1.94 bits per heavy atom. The van der Waals surface area contributed by atoms with Crippen LogP contribution >= 0.6 is 0 Å². The van der Waals surface area contributed by atoms with Crippen LogP contribution in [0.15, 0.2) is 42.5 Å². The minimum atomic E-state index is 1.04. The molecule has 17 heavy (non-hydrogen) atoms. The van der Waals surface area contributed by atoms with Gasteiger partial charge in [0.05, 0.1) is 0 Å². The summed E-state index contributed by atoms with van der Waals surface area (Å²) >= 11 is 0. The molecule has 0 fully saturated rings. The summed E-state index contributed by atoms with van der Waals surface area (Å²) in [5.41, 5.74) is 8.21. The number of hydrogen-bond acceptors (Lipinski definition) is 0. The van der Waals surface area contributed by atoms with Gasteiger partial charge >= 0.3 is 0 Å². The first-order valence-corrected chi connectivity index (χ1v) is 6.02. The van der Waals surface area contributed by atoms with Crippen molar-refractivity contribution in [3.63, 3.8) is 0 Å². The van der Waals surface area contributed by atoms with Crippen molar-refractivity contribution in [1.29, 1.82) is 0 Å². The van der Waals surface area contributed by atoms with Gasteiger partial charge in [-0.2, -0.15) is 0 Å². The Morgan fingerprint density at radius 1 is 1.06 bits per heavy atom. The first-order chi connectivity index (χ1) is 8.33. The van der Waals surface area contributed by atoms with Gasteiger partial charge in [0.25, 0.3) is 0 Å². The monoisotopic (exact) mass is 219 g/mol. The van der Waals surface area contributed by atoms with Crippen LogP contribution in [0.3, 0.4) is 0 Å². The number of aryl methyl sites for hydroxylation is 1. The Bertz CT molecular complexity index is 734. The Morgan fingerprint density at radius 3 is 2.88 bits per heavy atom. The van der Waals surface area contributed by atoms with Crippen LogP contribution in [0, 0.1) is 6.92 Å². The second kappa shape index (κ2) is 3.01. The van der Waals surface area contributed by atoms with Crippen LogP contribution in [0.25, 0.3) is 22.0 Å². The predicted molar refractivity (Wildman–Crippen MR) is 71.3 cm³/mol. The van der Waals surface area contributed by atoms with Crippen molar-refractivity contribution in [2.45, 2.75) is 13.3 Å². The highest BCUT2D eigenvalue weighted by Crippen LogP contribution is 2.41. The topological polar surface area (TPSA) is 15.8 Å². The molecule has 82 valence electrons. The molecule has 4 rings (SSSR count). The van der Waals surface area contributed by atoms with Crippen molar-refractivity contribution in [3.8, 4) is 11.1 Å². The Labute approximate surface area is 100 Å². The maximum atomic E-state index is 3.55. The van der Waals surface area contributed by atoms with E-state index in [1.54, 1.807) is 0 Å². The zero-order chi connectivity index (χ0) is 11.4. The van der Waals surface area contributed by atoms with E-state index < -0.39 is 0 Å². The first kappa shape index (κ1) is 9.06. The van der Waals surface area contributed by atoms with Gasteiger partial charge in [0.1, 0.15) is 0 Å². The Balaban J connectivity index is 2.13. The third kappa shape index (κ3) is 1.14. The molecular formula is C16H13N. The lowest BCUT2D eigenvalue weighted by molar-refractivity contribution is 1.17. The normalized spacial score (nSPS) is 12.8. The fourth-order valence-corrected chi connectivity index (χ4v) is 2.91. The molecule has 0 bridgehead atoms.